The lowest BCUT2D eigenvalue weighted by molar-refractivity contribution is 0.318. The Morgan fingerprint density at radius 1 is 0.579 bits per heavy atom. The lowest BCUT2D eigenvalue weighted by Gasteiger charge is -2.21. The molecule has 0 heteroatoms. The van der Waals surface area contributed by atoms with E-state index in [1.54, 1.807) is 0 Å². The van der Waals surface area contributed by atoms with Gasteiger partial charge in [0.1, 0.15) is 0 Å². The Hall–Kier alpha value is 0. The van der Waals surface area contributed by atoms with E-state index in [0.29, 0.717) is 0 Å². The van der Waals surface area contributed by atoms with Crippen LogP contribution in [-0.2, 0) is 0 Å². The second-order valence-corrected chi connectivity index (χ2v) is 6.69. The fraction of sp³-hybridized carbons (Fsp3) is 1.00. The molecule has 0 aromatic heterocycles. The van der Waals surface area contributed by atoms with E-state index in [2.05, 4.69) is 27.7 Å². The van der Waals surface area contributed by atoms with Crippen molar-refractivity contribution in [1.29, 1.82) is 0 Å². The highest BCUT2D eigenvalue weighted by Gasteiger charge is 2.12. The molecule has 0 aromatic carbocycles. The fourth-order valence-corrected chi connectivity index (χ4v) is 3.15. The summed E-state index contributed by atoms with van der Waals surface area (Å²) in [6.45, 7) is 9.45. The molecular weight excluding hydrogens is 228 g/mol. The Kier molecular flexibility index (Phi) is 14.4. The summed E-state index contributed by atoms with van der Waals surface area (Å²) in [7, 11) is 0. The van der Waals surface area contributed by atoms with E-state index in [9.17, 15) is 0 Å². The summed E-state index contributed by atoms with van der Waals surface area (Å²) >= 11 is 0. The first-order valence-electron chi connectivity index (χ1n) is 9.24. The van der Waals surface area contributed by atoms with Gasteiger partial charge in [-0.2, -0.15) is 0 Å². The standard InChI is InChI=1S/C19H40/c1-5-8-11-12-13-14-18(4)17-19(15-9-6-2)16-10-7-3/h18-19H,5-17H2,1-4H3. The van der Waals surface area contributed by atoms with Crippen molar-refractivity contribution in [3.8, 4) is 0 Å². The molecule has 0 N–H and O–H groups in total. The largest absolute Gasteiger partial charge is 0.0654 e. The van der Waals surface area contributed by atoms with E-state index >= 15 is 0 Å². The molecule has 0 saturated heterocycles. The molecular formula is C19H40. The smallest absolute Gasteiger partial charge is 0.0412 e. The summed E-state index contributed by atoms with van der Waals surface area (Å²) in [5.41, 5.74) is 0. The molecule has 0 saturated carbocycles. The van der Waals surface area contributed by atoms with Gasteiger partial charge in [-0.3, -0.25) is 0 Å². The molecule has 0 spiro atoms. The van der Waals surface area contributed by atoms with E-state index in [4.69, 9.17) is 0 Å². The monoisotopic (exact) mass is 268 g/mol. The minimum Gasteiger partial charge on any atom is -0.0654 e. The maximum Gasteiger partial charge on any atom is -0.0412 e. The maximum atomic E-state index is 2.49. The molecule has 0 nitrogen and oxygen atoms in total. The summed E-state index contributed by atoms with van der Waals surface area (Å²) in [6.07, 6.45) is 18.7. The molecule has 0 radical (unpaired) electrons. The molecule has 0 aromatic rings. The third-order valence-electron chi connectivity index (χ3n) is 4.47. The lowest BCUT2D eigenvalue weighted by Crippen LogP contribution is -2.07. The third-order valence-corrected chi connectivity index (χ3v) is 4.47. The van der Waals surface area contributed by atoms with E-state index < -0.39 is 0 Å². The van der Waals surface area contributed by atoms with Crippen LogP contribution in [0.4, 0.5) is 0 Å². The number of hydrogen-bond donors (Lipinski definition) is 0. The van der Waals surface area contributed by atoms with E-state index in [1.165, 1.54) is 83.5 Å². The third kappa shape index (κ3) is 12.8. The molecule has 0 aliphatic heterocycles. The Morgan fingerprint density at radius 2 is 1.11 bits per heavy atom. The van der Waals surface area contributed by atoms with Crippen molar-refractivity contribution >= 4 is 0 Å². The summed E-state index contributed by atoms with van der Waals surface area (Å²) in [5, 5.41) is 0. The molecule has 0 fully saturated rings. The van der Waals surface area contributed by atoms with Crippen LogP contribution in [-0.4, -0.2) is 0 Å². The zero-order valence-corrected chi connectivity index (χ0v) is 14.3. The first-order chi connectivity index (χ1) is 9.24. The van der Waals surface area contributed by atoms with Crippen LogP contribution < -0.4 is 0 Å². The molecule has 0 amide bonds. The molecule has 1 unspecified atom stereocenters. The van der Waals surface area contributed by atoms with Gasteiger partial charge in [0.15, 0.2) is 0 Å². The fourth-order valence-electron chi connectivity index (χ4n) is 3.15. The minimum atomic E-state index is 0.959. The molecule has 19 heavy (non-hydrogen) atoms. The number of rotatable bonds is 14. The van der Waals surface area contributed by atoms with E-state index in [-0.39, 0.29) is 0 Å². The van der Waals surface area contributed by atoms with Crippen LogP contribution in [0.2, 0.25) is 0 Å². The van der Waals surface area contributed by atoms with Crippen molar-refractivity contribution in [3.05, 3.63) is 0 Å². The van der Waals surface area contributed by atoms with Crippen LogP contribution in [0.5, 0.6) is 0 Å². The molecule has 0 rings (SSSR count). The quantitative estimate of drug-likeness (QED) is 0.288. The summed E-state index contributed by atoms with van der Waals surface area (Å²) in [6, 6.07) is 0. The van der Waals surface area contributed by atoms with Gasteiger partial charge in [0.05, 0.1) is 0 Å². The maximum absolute atomic E-state index is 2.49. The van der Waals surface area contributed by atoms with Crippen molar-refractivity contribution in [2.45, 2.75) is 111 Å². The zero-order valence-electron chi connectivity index (χ0n) is 14.3. The van der Waals surface area contributed by atoms with Crippen LogP contribution in [0.15, 0.2) is 0 Å². The predicted octanol–water partition coefficient (Wildman–Crippen LogP) is 7.37. The Morgan fingerprint density at radius 3 is 1.63 bits per heavy atom. The van der Waals surface area contributed by atoms with E-state index in [0.717, 1.165) is 11.8 Å². The lowest BCUT2D eigenvalue weighted by atomic mass is 9.85. The van der Waals surface area contributed by atoms with Gasteiger partial charge in [-0.25, -0.2) is 0 Å². The Bertz CT molecular complexity index is 153. The van der Waals surface area contributed by atoms with Gasteiger partial charge in [-0.1, -0.05) is 105 Å². The Balaban J connectivity index is 3.71. The first kappa shape index (κ1) is 19.0. The van der Waals surface area contributed by atoms with Gasteiger partial charge in [0, 0.05) is 0 Å². The normalized spacial score (nSPS) is 13.1. The SMILES string of the molecule is CCCCCCCC(C)CC(CCCC)CCCC. The van der Waals surface area contributed by atoms with Gasteiger partial charge >= 0.3 is 0 Å². The molecule has 0 bridgehead atoms. The number of unbranched alkanes of at least 4 members (excludes halogenated alkanes) is 6. The Labute approximate surface area is 123 Å². The minimum absolute atomic E-state index is 0.959. The average molecular weight is 269 g/mol. The first-order valence-corrected chi connectivity index (χ1v) is 9.24. The molecule has 116 valence electrons. The summed E-state index contributed by atoms with van der Waals surface area (Å²) < 4.78 is 0. The average Bonchev–Trinajstić information content (AvgIpc) is 2.41. The van der Waals surface area contributed by atoms with Crippen molar-refractivity contribution in [1.82, 2.24) is 0 Å². The molecule has 0 aliphatic rings. The highest BCUT2D eigenvalue weighted by Crippen LogP contribution is 2.26. The topological polar surface area (TPSA) is 0 Å². The van der Waals surface area contributed by atoms with Crippen LogP contribution in [0.1, 0.15) is 111 Å². The van der Waals surface area contributed by atoms with Gasteiger partial charge in [-0.15, -0.1) is 0 Å². The van der Waals surface area contributed by atoms with Gasteiger partial charge in [-0.05, 0) is 18.3 Å². The highest BCUT2D eigenvalue weighted by atomic mass is 14.2. The van der Waals surface area contributed by atoms with E-state index in [1.807, 2.05) is 0 Å². The number of hydrogen-bond acceptors (Lipinski definition) is 0. The molecule has 0 heterocycles. The van der Waals surface area contributed by atoms with Crippen molar-refractivity contribution < 1.29 is 0 Å². The highest BCUT2D eigenvalue weighted by molar-refractivity contribution is 4.65. The van der Waals surface area contributed by atoms with Crippen molar-refractivity contribution in [2.24, 2.45) is 11.8 Å². The van der Waals surface area contributed by atoms with Crippen LogP contribution >= 0.6 is 0 Å². The molecule has 0 aliphatic carbocycles. The van der Waals surface area contributed by atoms with Crippen LogP contribution in [0.25, 0.3) is 0 Å². The zero-order chi connectivity index (χ0) is 14.3. The van der Waals surface area contributed by atoms with Gasteiger partial charge < -0.3 is 0 Å². The van der Waals surface area contributed by atoms with Crippen molar-refractivity contribution in [3.63, 3.8) is 0 Å². The van der Waals surface area contributed by atoms with Crippen molar-refractivity contribution in [2.75, 3.05) is 0 Å². The van der Waals surface area contributed by atoms with Crippen LogP contribution in [0, 0.1) is 11.8 Å². The van der Waals surface area contributed by atoms with Gasteiger partial charge in [0.25, 0.3) is 0 Å². The summed E-state index contributed by atoms with van der Waals surface area (Å²) in [5.74, 6) is 1.98. The second-order valence-electron chi connectivity index (χ2n) is 6.69. The van der Waals surface area contributed by atoms with Crippen LogP contribution in [0.3, 0.4) is 0 Å². The van der Waals surface area contributed by atoms with Gasteiger partial charge in [0.2, 0.25) is 0 Å². The predicted molar refractivity (Wildman–Crippen MR) is 89.7 cm³/mol. The molecule has 1 atom stereocenters. The summed E-state index contributed by atoms with van der Waals surface area (Å²) in [4.78, 5) is 0. The second kappa shape index (κ2) is 14.4.